The maximum Gasteiger partial charge on any atom is 0.254 e. The average molecular weight is 439 g/mol. The Morgan fingerprint density at radius 1 is 0.926 bits per heavy atom. The lowest BCUT2D eigenvalue weighted by Crippen LogP contribution is -2.26. The van der Waals surface area contributed by atoms with E-state index in [1.807, 2.05) is 36.4 Å². The summed E-state index contributed by atoms with van der Waals surface area (Å²) in [4.78, 5) is 13.5. The zero-order valence-corrected chi connectivity index (χ0v) is 17.0. The van der Waals surface area contributed by atoms with E-state index >= 15 is 0 Å². The molecule has 3 rings (SSSR count). The van der Waals surface area contributed by atoms with Gasteiger partial charge in [-0.25, -0.2) is 0 Å². The summed E-state index contributed by atoms with van der Waals surface area (Å²) >= 11 is 19.0. The van der Waals surface area contributed by atoms with Crippen molar-refractivity contribution < 1.29 is 4.79 Å². The lowest BCUT2D eigenvalue weighted by molar-refractivity contribution is 0.0950. The van der Waals surface area contributed by atoms with Crippen LogP contribution in [0.15, 0.2) is 64.5 Å². The summed E-state index contributed by atoms with van der Waals surface area (Å²) in [7, 11) is 0. The van der Waals surface area contributed by atoms with Crippen molar-refractivity contribution in [3.8, 4) is 0 Å². The Bertz CT molecular complexity index is 934. The average Bonchev–Trinajstić information content (AvgIpc) is 2.66. The van der Waals surface area contributed by atoms with Crippen molar-refractivity contribution in [3.05, 3.63) is 80.9 Å². The molecule has 138 valence electrons. The molecule has 0 saturated carbocycles. The van der Waals surface area contributed by atoms with Gasteiger partial charge in [0.15, 0.2) is 5.15 Å². The van der Waals surface area contributed by atoms with Gasteiger partial charge in [-0.05, 0) is 54.4 Å². The quantitative estimate of drug-likeness (QED) is 0.547. The summed E-state index contributed by atoms with van der Waals surface area (Å²) in [6.45, 7) is 0.478. The van der Waals surface area contributed by atoms with Gasteiger partial charge in [-0.3, -0.25) is 4.79 Å². The van der Waals surface area contributed by atoms with Crippen molar-refractivity contribution in [2.24, 2.45) is 0 Å². The van der Waals surface area contributed by atoms with Crippen LogP contribution in [0.3, 0.4) is 0 Å². The van der Waals surface area contributed by atoms with Crippen molar-refractivity contribution in [3.63, 3.8) is 0 Å². The number of benzene rings is 2. The lowest BCUT2D eigenvalue weighted by atomic mass is 10.1. The highest BCUT2D eigenvalue weighted by molar-refractivity contribution is 7.99. The first-order valence-electron chi connectivity index (χ1n) is 8.00. The second-order valence-corrected chi connectivity index (χ2v) is 7.90. The van der Waals surface area contributed by atoms with E-state index in [4.69, 9.17) is 34.8 Å². The van der Waals surface area contributed by atoms with E-state index < -0.39 is 0 Å². The van der Waals surface area contributed by atoms with E-state index in [9.17, 15) is 4.79 Å². The zero-order valence-electron chi connectivity index (χ0n) is 14.0. The number of carbonyl (C=O) groups excluding carboxylic acids is 1. The number of halogens is 3. The van der Waals surface area contributed by atoms with Gasteiger partial charge in [-0.1, -0.05) is 58.7 Å². The van der Waals surface area contributed by atoms with Crippen LogP contribution in [-0.4, -0.2) is 22.6 Å². The summed E-state index contributed by atoms with van der Waals surface area (Å²) in [5, 5.41) is 12.8. The summed E-state index contributed by atoms with van der Waals surface area (Å²) in [6, 6.07) is 16.3. The summed E-state index contributed by atoms with van der Waals surface area (Å²) in [5.41, 5.74) is 1.47. The first-order valence-corrected chi connectivity index (χ1v) is 9.95. The summed E-state index contributed by atoms with van der Waals surface area (Å²) in [6.07, 6.45) is 0.689. The smallest absolute Gasteiger partial charge is 0.254 e. The van der Waals surface area contributed by atoms with Crippen molar-refractivity contribution in [1.82, 2.24) is 15.5 Å². The van der Waals surface area contributed by atoms with Crippen LogP contribution >= 0.6 is 46.6 Å². The van der Waals surface area contributed by atoms with Crippen LogP contribution in [0, 0.1) is 0 Å². The van der Waals surface area contributed by atoms with Crippen LogP contribution in [-0.2, 0) is 6.42 Å². The number of hydrogen-bond acceptors (Lipinski definition) is 4. The number of nitrogens with zero attached hydrogens (tertiary/aromatic N) is 2. The van der Waals surface area contributed by atoms with Gasteiger partial charge in [0.05, 0.1) is 5.56 Å². The highest BCUT2D eigenvalue weighted by Crippen LogP contribution is 2.30. The van der Waals surface area contributed by atoms with Gasteiger partial charge in [0.1, 0.15) is 5.03 Å². The van der Waals surface area contributed by atoms with Gasteiger partial charge in [0, 0.05) is 21.5 Å². The van der Waals surface area contributed by atoms with E-state index in [0.29, 0.717) is 33.6 Å². The Morgan fingerprint density at radius 3 is 2.22 bits per heavy atom. The molecule has 0 fully saturated rings. The molecule has 0 aliphatic carbocycles. The van der Waals surface area contributed by atoms with Crippen LogP contribution in [0.25, 0.3) is 0 Å². The second kappa shape index (κ2) is 9.42. The minimum Gasteiger partial charge on any atom is -0.352 e. The summed E-state index contributed by atoms with van der Waals surface area (Å²) in [5.74, 6) is -0.253. The standard InChI is InChI=1S/C19H14Cl3N3OS/c20-13-3-1-12(2-4-13)9-10-23-18(26)16-11-17(22)24-25-19(16)27-15-7-5-14(21)6-8-15/h1-8,11H,9-10H2,(H,23,26). The molecule has 0 atom stereocenters. The molecule has 2 aromatic carbocycles. The molecule has 0 spiro atoms. The van der Waals surface area contributed by atoms with Gasteiger partial charge >= 0.3 is 0 Å². The van der Waals surface area contributed by atoms with E-state index in [1.54, 1.807) is 12.1 Å². The van der Waals surface area contributed by atoms with Crippen molar-refractivity contribution >= 4 is 52.5 Å². The van der Waals surface area contributed by atoms with Gasteiger partial charge in [-0.15, -0.1) is 10.2 Å². The molecule has 1 amide bonds. The Morgan fingerprint density at radius 2 is 1.56 bits per heavy atom. The van der Waals surface area contributed by atoms with E-state index in [-0.39, 0.29) is 11.1 Å². The maximum atomic E-state index is 12.6. The molecule has 0 aliphatic heterocycles. The molecule has 0 unspecified atom stereocenters. The molecule has 4 nitrogen and oxygen atoms in total. The SMILES string of the molecule is O=C(NCCc1ccc(Cl)cc1)c1cc(Cl)nnc1Sc1ccc(Cl)cc1. The van der Waals surface area contributed by atoms with Gasteiger partial charge in [0.25, 0.3) is 5.91 Å². The minimum absolute atomic E-state index is 0.165. The van der Waals surface area contributed by atoms with E-state index in [0.717, 1.165) is 10.5 Å². The maximum absolute atomic E-state index is 12.6. The predicted octanol–water partition coefficient (Wildman–Crippen LogP) is 5.56. The van der Waals surface area contributed by atoms with Gasteiger partial charge in [-0.2, -0.15) is 0 Å². The monoisotopic (exact) mass is 437 g/mol. The summed E-state index contributed by atoms with van der Waals surface area (Å²) < 4.78 is 0. The van der Waals surface area contributed by atoms with Crippen molar-refractivity contribution in [2.75, 3.05) is 6.54 Å². The molecule has 1 N–H and O–H groups in total. The Labute approximate surface area is 176 Å². The third-order valence-corrected chi connectivity index (χ3v) is 5.31. The fourth-order valence-electron chi connectivity index (χ4n) is 2.28. The molecule has 0 aliphatic rings. The predicted molar refractivity (Wildman–Crippen MR) is 110 cm³/mol. The molecular weight excluding hydrogens is 425 g/mol. The number of aromatic nitrogens is 2. The fourth-order valence-corrected chi connectivity index (χ4v) is 3.51. The van der Waals surface area contributed by atoms with Crippen LogP contribution < -0.4 is 5.32 Å². The normalized spacial score (nSPS) is 10.6. The van der Waals surface area contributed by atoms with Crippen LogP contribution in [0.2, 0.25) is 15.2 Å². The third-order valence-electron chi connectivity index (χ3n) is 3.62. The largest absolute Gasteiger partial charge is 0.352 e. The van der Waals surface area contributed by atoms with Crippen LogP contribution in [0.1, 0.15) is 15.9 Å². The molecule has 0 saturated heterocycles. The first-order chi connectivity index (χ1) is 13.0. The van der Waals surface area contributed by atoms with Gasteiger partial charge in [0.2, 0.25) is 0 Å². The van der Waals surface area contributed by atoms with Crippen LogP contribution in [0.5, 0.6) is 0 Å². The highest BCUT2D eigenvalue weighted by atomic mass is 35.5. The number of rotatable bonds is 6. The van der Waals surface area contributed by atoms with Crippen molar-refractivity contribution in [1.29, 1.82) is 0 Å². The molecular formula is C19H14Cl3N3OS. The lowest BCUT2D eigenvalue weighted by Gasteiger charge is -2.09. The molecule has 0 radical (unpaired) electrons. The van der Waals surface area contributed by atoms with Crippen LogP contribution in [0.4, 0.5) is 0 Å². The number of hydrogen-bond donors (Lipinski definition) is 1. The zero-order chi connectivity index (χ0) is 19.2. The molecule has 3 aromatic rings. The number of nitrogens with one attached hydrogen (secondary N) is 1. The highest BCUT2D eigenvalue weighted by Gasteiger charge is 2.15. The number of carbonyl (C=O) groups is 1. The Balaban J connectivity index is 1.68. The van der Waals surface area contributed by atoms with Crippen molar-refractivity contribution in [2.45, 2.75) is 16.3 Å². The molecule has 8 heteroatoms. The fraction of sp³-hybridized carbons (Fsp3) is 0.105. The first kappa shape index (κ1) is 20.0. The molecule has 0 bridgehead atoms. The molecule has 27 heavy (non-hydrogen) atoms. The second-order valence-electron chi connectivity index (χ2n) is 5.57. The van der Waals surface area contributed by atoms with E-state index in [2.05, 4.69) is 15.5 Å². The van der Waals surface area contributed by atoms with Gasteiger partial charge < -0.3 is 5.32 Å². The minimum atomic E-state index is -0.253. The topological polar surface area (TPSA) is 54.9 Å². The van der Waals surface area contributed by atoms with E-state index in [1.165, 1.54) is 17.8 Å². The number of amides is 1. The Kier molecular flexibility index (Phi) is 6.96. The molecule has 1 aromatic heterocycles. The third kappa shape index (κ3) is 5.84. The Hall–Kier alpha value is -1.79. The molecule has 1 heterocycles.